The Balaban J connectivity index is 2.46. The van der Waals surface area contributed by atoms with Crippen LogP contribution in [0.4, 0.5) is 4.39 Å². The van der Waals surface area contributed by atoms with Crippen molar-refractivity contribution in [3.63, 3.8) is 0 Å². The van der Waals surface area contributed by atoms with E-state index >= 15 is 0 Å². The van der Waals surface area contributed by atoms with E-state index in [9.17, 15) is 4.39 Å². The van der Waals surface area contributed by atoms with Gasteiger partial charge in [0.25, 0.3) is 0 Å². The van der Waals surface area contributed by atoms with Gasteiger partial charge < -0.3 is 5.32 Å². The van der Waals surface area contributed by atoms with Crippen LogP contribution in [0.5, 0.6) is 0 Å². The summed E-state index contributed by atoms with van der Waals surface area (Å²) in [5.41, 5.74) is 0.705. The van der Waals surface area contributed by atoms with Gasteiger partial charge in [-0.25, -0.2) is 4.39 Å². The van der Waals surface area contributed by atoms with Gasteiger partial charge in [0.2, 0.25) is 0 Å². The zero-order chi connectivity index (χ0) is 11.5. The summed E-state index contributed by atoms with van der Waals surface area (Å²) in [6, 6.07) is 4.36. The molecule has 1 heterocycles. The lowest BCUT2D eigenvalue weighted by Gasteiger charge is -2.06. The zero-order valence-electron chi connectivity index (χ0n) is 8.48. The summed E-state index contributed by atoms with van der Waals surface area (Å²) < 4.78 is 15.1. The highest BCUT2D eigenvalue weighted by Crippen LogP contribution is 2.21. The van der Waals surface area contributed by atoms with E-state index < -0.39 is 0 Å². The van der Waals surface area contributed by atoms with Gasteiger partial charge in [-0.15, -0.1) is 5.10 Å². The Kier molecular flexibility index (Phi) is 3.25. The molecule has 0 amide bonds. The number of benzene rings is 1. The van der Waals surface area contributed by atoms with Gasteiger partial charge in [-0.05, 0) is 51.6 Å². The van der Waals surface area contributed by atoms with Crippen molar-refractivity contribution in [2.75, 3.05) is 7.05 Å². The zero-order valence-corrected chi connectivity index (χ0v) is 10.1. The monoisotopic (exact) mass is 285 g/mol. The summed E-state index contributed by atoms with van der Waals surface area (Å²) in [6.07, 6.45) is 0. The van der Waals surface area contributed by atoms with Crippen LogP contribution in [0.15, 0.2) is 22.7 Å². The average molecular weight is 286 g/mol. The first-order chi connectivity index (χ1) is 7.72. The van der Waals surface area contributed by atoms with Crippen LogP contribution < -0.4 is 5.32 Å². The lowest BCUT2D eigenvalue weighted by atomic mass is 10.3. The van der Waals surface area contributed by atoms with E-state index in [1.165, 1.54) is 12.1 Å². The van der Waals surface area contributed by atoms with Crippen LogP contribution in [0.1, 0.15) is 5.82 Å². The fraction of sp³-hybridized carbons (Fsp3) is 0.222. The van der Waals surface area contributed by atoms with Crippen LogP contribution in [0, 0.1) is 5.82 Å². The predicted molar refractivity (Wildman–Crippen MR) is 59.6 cm³/mol. The van der Waals surface area contributed by atoms with Gasteiger partial charge in [-0.1, -0.05) is 0 Å². The molecule has 1 aromatic carbocycles. The quantitative estimate of drug-likeness (QED) is 0.923. The molecular weight excluding hydrogens is 277 g/mol. The van der Waals surface area contributed by atoms with Crippen molar-refractivity contribution < 1.29 is 4.39 Å². The van der Waals surface area contributed by atoms with Crippen LogP contribution in [0.2, 0.25) is 0 Å². The first kappa shape index (κ1) is 11.2. The van der Waals surface area contributed by atoms with Gasteiger partial charge >= 0.3 is 0 Å². The summed E-state index contributed by atoms with van der Waals surface area (Å²) in [7, 11) is 1.80. The van der Waals surface area contributed by atoms with Crippen molar-refractivity contribution >= 4 is 15.9 Å². The summed E-state index contributed by atoms with van der Waals surface area (Å²) in [6.45, 7) is 0.539. The molecule has 0 spiro atoms. The topological polar surface area (TPSA) is 55.6 Å². The Morgan fingerprint density at radius 2 is 2.31 bits per heavy atom. The Morgan fingerprint density at radius 3 is 3.00 bits per heavy atom. The highest BCUT2D eigenvalue weighted by molar-refractivity contribution is 9.10. The molecule has 2 aromatic rings. The molecule has 7 heteroatoms. The third-order valence-corrected chi connectivity index (χ3v) is 2.64. The van der Waals surface area contributed by atoms with Crippen molar-refractivity contribution in [1.29, 1.82) is 0 Å². The summed E-state index contributed by atoms with van der Waals surface area (Å²) >= 11 is 3.28. The molecule has 0 bridgehead atoms. The molecule has 0 aliphatic rings. The fourth-order valence-corrected chi connectivity index (χ4v) is 1.83. The minimum atomic E-state index is -0.307. The lowest BCUT2D eigenvalue weighted by molar-refractivity contribution is 0.624. The highest BCUT2D eigenvalue weighted by Gasteiger charge is 2.10. The number of halogens is 2. The molecule has 0 radical (unpaired) electrons. The molecule has 0 aliphatic carbocycles. The maximum Gasteiger partial charge on any atom is 0.170 e. The van der Waals surface area contributed by atoms with Crippen molar-refractivity contribution in [2.45, 2.75) is 6.54 Å². The molecule has 16 heavy (non-hydrogen) atoms. The second-order valence-electron chi connectivity index (χ2n) is 3.13. The van der Waals surface area contributed by atoms with Crippen molar-refractivity contribution in [3.05, 3.63) is 34.3 Å². The molecule has 0 aliphatic heterocycles. The van der Waals surface area contributed by atoms with E-state index in [0.29, 0.717) is 22.5 Å². The van der Waals surface area contributed by atoms with E-state index in [1.807, 2.05) is 0 Å². The van der Waals surface area contributed by atoms with Crippen LogP contribution in [0.25, 0.3) is 5.69 Å². The van der Waals surface area contributed by atoms with E-state index in [2.05, 4.69) is 36.8 Å². The van der Waals surface area contributed by atoms with Gasteiger partial charge in [0.15, 0.2) is 5.82 Å². The first-order valence-electron chi connectivity index (χ1n) is 4.59. The number of hydrogen-bond donors (Lipinski definition) is 1. The third-order valence-electron chi connectivity index (χ3n) is 2.01. The SMILES string of the molecule is CNCc1nnnn1-c1ccc(F)cc1Br. The minimum Gasteiger partial charge on any atom is -0.313 e. The summed E-state index contributed by atoms with van der Waals surface area (Å²) in [4.78, 5) is 0. The van der Waals surface area contributed by atoms with Crippen LogP contribution in [-0.2, 0) is 6.54 Å². The summed E-state index contributed by atoms with van der Waals surface area (Å²) in [5.74, 6) is 0.355. The molecule has 2 rings (SSSR count). The smallest absolute Gasteiger partial charge is 0.170 e. The Morgan fingerprint density at radius 1 is 1.50 bits per heavy atom. The van der Waals surface area contributed by atoms with Crippen molar-refractivity contribution in [2.24, 2.45) is 0 Å². The first-order valence-corrected chi connectivity index (χ1v) is 5.39. The maximum atomic E-state index is 12.9. The van der Waals surface area contributed by atoms with Gasteiger partial charge in [-0.3, -0.25) is 0 Å². The molecule has 0 saturated carbocycles. The van der Waals surface area contributed by atoms with Gasteiger partial charge in [0.1, 0.15) is 5.82 Å². The number of tetrazole rings is 1. The van der Waals surface area contributed by atoms with Crippen molar-refractivity contribution in [3.8, 4) is 5.69 Å². The predicted octanol–water partition coefficient (Wildman–Crippen LogP) is 1.28. The Hall–Kier alpha value is -1.34. The van der Waals surface area contributed by atoms with Gasteiger partial charge in [-0.2, -0.15) is 4.68 Å². The molecule has 0 unspecified atom stereocenters. The van der Waals surface area contributed by atoms with Gasteiger partial charge in [0.05, 0.1) is 12.2 Å². The number of nitrogens with zero attached hydrogens (tertiary/aromatic N) is 4. The summed E-state index contributed by atoms with van der Waals surface area (Å²) in [5, 5.41) is 14.3. The molecule has 1 aromatic heterocycles. The fourth-order valence-electron chi connectivity index (χ4n) is 1.31. The van der Waals surface area contributed by atoms with Crippen LogP contribution >= 0.6 is 15.9 Å². The third kappa shape index (κ3) is 2.10. The van der Waals surface area contributed by atoms with E-state index in [1.54, 1.807) is 17.8 Å². The normalized spacial score (nSPS) is 10.7. The van der Waals surface area contributed by atoms with E-state index in [-0.39, 0.29) is 5.82 Å². The van der Waals surface area contributed by atoms with Crippen LogP contribution in [-0.4, -0.2) is 27.3 Å². The maximum absolute atomic E-state index is 12.9. The molecule has 84 valence electrons. The van der Waals surface area contributed by atoms with Gasteiger partial charge in [0, 0.05) is 4.47 Å². The lowest BCUT2D eigenvalue weighted by Crippen LogP contribution is -2.12. The average Bonchev–Trinajstić information content (AvgIpc) is 2.67. The molecule has 0 fully saturated rings. The number of hydrogen-bond acceptors (Lipinski definition) is 4. The highest BCUT2D eigenvalue weighted by atomic mass is 79.9. The molecule has 1 N–H and O–H groups in total. The van der Waals surface area contributed by atoms with Crippen LogP contribution in [0.3, 0.4) is 0 Å². The Bertz CT molecular complexity index is 498. The number of nitrogens with one attached hydrogen (secondary N) is 1. The molecule has 5 nitrogen and oxygen atoms in total. The number of rotatable bonds is 3. The molecule has 0 atom stereocenters. The largest absolute Gasteiger partial charge is 0.313 e. The molecule has 0 saturated heterocycles. The second-order valence-corrected chi connectivity index (χ2v) is 3.99. The minimum absolute atomic E-state index is 0.307. The van der Waals surface area contributed by atoms with E-state index in [0.717, 1.165) is 0 Å². The second kappa shape index (κ2) is 4.67. The van der Waals surface area contributed by atoms with E-state index in [4.69, 9.17) is 0 Å². The standard InChI is InChI=1S/C9H9BrFN5/c1-12-5-9-13-14-15-16(9)8-3-2-6(11)4-7(8)10/h2-4,12H,5H2,1H3. The Labute approximate surface area is 99.8 Å². The van der Waals surface area contributed by atoms with Crippen molar-refractivity contribution in [1.82, 2.24) is 25.5 Å². The molecular formula is C9H9BrFN5. The number of aromatic nitrogens is 4.